The van der Waals surface area contributed by atoms with Crippen LogP contribution in [0, 0.1) is 5.92 Å². The number of urea groups is 1. The van der Waals surface area contributed by atoms with E-state index in [4.69, 9.17) is 4.42 Å². The molecule has 2 heterocycles. The summed E-state index contributed by atoms with van der Waals surface area (Å²) in [5.41, 5.74) is 0.841. The number of benzene rings is 1. The smallest absolute Gasteiger partial charge is 0.321 e. The van der Waals surface area contributed by atoms with Crippen LogP contribution in [0.1, 0.15) is 20.8 Å². The highest BCUT2D eigenvalue weighted by molar-refractivity contribution is 8.00. The molecule has 0 spiro atoms. The average molecular weight is 414 g/mol. The summed E-state index contributed by atoms with van der Waals surface area (Å²) >= 11 is 1.21. The zero-order chi connectivity index (χ0) is 20.8. The van der Waals surface area contributed by atoms with Gasteiger partial charge in [0.25, 0.3) is 0 Å². The lowest BCUT2D eigenvalue weighted by molar-refractivity contribution is -0.119. The number of aromatic nitrogens is 3. The molecule has 0 saturated carbocycles. The Morgan fingerprint density at radius 1 is 1.10 bits per heavy atom. The van der Waals surface area contributed by atoms with Gasteiger partial charge in [0, 0.05) is 12.2 Å². The first-order valence-electron chi connectivity index (χ1n) is 9.25. The molecule has 3 amide bonds. The van der Waals surface area contributed by atoms with E-state index in [2.05, 4.69) is 20.8 Å². The second-order valence-electron chi connectivity index (χ2n) is 6.81. The van der Waals surface area contributed by atoms with Crippen molar-refractivity contribution in [3.8, 4) is 17.3 Å². The van der Waals surface area contributed by atoms with Crippen LogP contribution < -0.4 is 10.6 Å². The first-order valence-corrected chi connectivity index (χ1v) is 10.1. The SMILES string of the molecule is CC(C)CNC(=O)NC(=O)C(C)Sc1nnc(-c2ccco2)n1-c1ccccc1. The van der Waals surface area contributed by atoms with Crippen molar-refractivity contribution in [3.05, 3.63) is 48.7 Å². The number of hydrogen-bond donors (Lipinski definition) is 2. The standard InChI is InChI=1S/C20H23N5O3S/c1-13(2)12-21-19(27)22-18(26)14(3)29-20-24-23-17(16-10-7-11-28-16)25(20)15-8-5-4-6-9-15/h4-11,13-14H,12H2,1-3H3,(H2,21,22,26,27). The minimum absolute atomic E-state index is 0.298. The summed E-state index contributed by atoms with van der Waals surface area (Å²) in [4.78, 5) is 24.3. The molecule has 8 nitrogen and oxygen atoms in total. The number of para-hydroxylation sites is 1. The highest BCUT2D eigenvalue weighted by Gasteiger charge is 2.23. The second kappa shape index (κ2) is 9.42. The molecule has 152 valence electrons. The van der Waals surface area contributed by atoms with Gasteiger partial charge in [-0.25, -0.2) is 4.79 Å². The van der Waals surface area contributed by atoms with Crippen LogP contribution in [-0.4, -0.2) is 38.5 Å². The van der Waals surface area contributed by atoms with Crippen molar-refractivity contribution in [1.29, 1.82) is 0 Å². The van der Waals surface area contributed by atoms with Crippen LogP contribution in [0.5, 0.6) is 0 Å². The number of hydrogen-bond acceptors (Lipinski definition) is 6. The first-order chi connectivity index (χ1) is 14.0. The third-order valence-electron chi connectivity index (χ3n) is 3.95. The topological polar surface area (TPSA) is 102 Å². The summed E-state index contributed by atoms with van der Waals surface area (Å²) in [6, 6.07) is 12.6. The van der Waals surface area contributed by atoms with Gasteiger partial charge in [-0.15, -0.1) is 10.2 Å². The van der Waals surface area contributed by atoms with Crippen LogP contribution in [-0.2, 0) is 4.79 Å². The van der Waals surface area contributed by atoms with Crippen LogP contribution in [0.3, 0.4) is 0 Å². The number of nitrogens with one attached hydrogen (secondary N) is 2. The number of amides is 3. The third-order valence-corrected chi connectivity index (χ3v) is 4.99. The van der Waals surface area contributed by atoms with Gasteiger partial charge in [-0.2, -0.15) is 0 Å². The monoisotopic (exact) mass is 413 g/mol. The molecule has 1 aromatic carbocycles. The fourth-order valence-electron chi connectivity index (χ4n) is 2.49. The Kier molecular flexibility index (Phi) is 6.71. The van der Waals surface area contributed by atoms with Gasteiger partial charge < -0.3 is 9.73 Å². The van der Waals surface area contributed by atoms with Gasteiger partial charge in [0.05, 0.1) is 11.5 Å². The maximum atomic E-state index is 12.4. The van der Waals surface area contributed by atoms with Crippen molar-refractivity contribution in [2.45, 2.75) is 31.2 Å². The van der Waals surface area contributed by atoms with E-state index in [-0.39, 0.29) is 0 Å². The molecule has 9 heteroatoms. The molecular weight excluding hydrogens is 390 g/mol. The van der Waals surface area contributed by atoms with Crippen molar-refractivity contribution in [3.63, 3.8) is 0 Å². The maximum absolute atomic E-state index is 12.4. The van der Waals surface area contributed by atoms with E-state index in [1.165, 1.54) is 11.8 Å². The van der Waals surface area contributed by atoms with Gasteiger partial charge in [-0.3, -0.25) is 14.7 Å². The molecule has 0 aliphatic heterocycles. The number of carbonyl (C=O) groups is 2. The zero-order valence-corrected chi connectivity index (χ0v) is 17.3. The number of nitrogens with zero attached hydrogens (tertiary/aromatic N) is 3. The minimum atomic E-state index is -0.559. The predicted octanol–water partition coefficient (Wildman–Crippen LogP) is 3.49. The minimum Gasteiger partial charge on any atom is -0.461 e. The molecule has 1 atom stereocenters. The Balaban J connectivity index is 1.78. The van der Waals surface area contributed by atoms with Gasteiger partial charge in [-0.1, -0.05) is 43.8 Å². The quantitative estimate of drug-likeness (QED) is 0.575. The first kappa shape index (κ1) is 20.7. The lowest BCUT2D eigenvalue weighted by Crippen LogP contribution is -2.43. The molecule has 2 N–H and O–H groups in total. The number of carbonyl (C=O) groups excluding carboxylic acids is 2. The van der Waals surface area contributed by atoms with E-state index < -0.39 is 17.2 Å². The third kappa shape index (κ3) is 5.26. The van der Waals surface area contributed by atoms with Crippen molar-refractivity contribution in [2.24, 2.45) is 5.92 Å². The summed E-state index contributed by atoms with van der Waals surface area (Å²) in [6.07, 6.45) is 1.57. The average Bonchev–Trinajstić information content (AvgIpc) is 3.36. The Labute approximate surface area is 173 Å². The molecule has 29 heavy (non-hydrogen) atoms. The number of imide groups is 1. The second-order valence-corrected chi connectivity index (χ2v) is 8.12. The summed E-state index contributed by atoms with van der Waals surface area (Å²) < 4.78 is 7.31. The lowest BCUT2D eigenvalue weighted by atomic mass is 10.2. The fraction of sp³-hybridized carbons (Fsp3) is 0.300. The predicted molar refractivity (Wildman–Crippen MR) is 111 cm³/mol. The van der Waals surface area contributed by atoms with Crippen LogP contribution >= 0.6 is 11.8 Å². The van der Waals surface area contributed by atoms with Crippen molar-refractivity contribution in [2.75, 3.05) is 6.54 Å². The highest BCUT2D eigenvalue weighted by Crippen LogP contribution is 2.30. The Hall–Kier alpha value is -3.07. The van der Waals surface area contributed by atoms with Crippen LogP contribution in [0.2, 0.25) is 0 Å². The fourth-order valence-corrected chi connectivity index (χ4v) is 3.36. The van der Waals surface area contributed by atoms with Crippen molar-refractivity contribution >= 4 is 23.7 Å². The van der Waals surface area contributed by atoms with Gasteiger partial charge >= 0.3 is 6.03 Å². The van der Waals surface area contributed by atoms with Crippen molar-refractivity contribution < 1.29 is 14.0 Å². The summed E-state index contributed by atoms with van der Waals surface area (Å²) in [7, 11) is 0. The number of thioether (sulfide) groups is 1. The maximum Gasteiger partial charge on any atom is 0.321 e. The molecular formula is C20H23N5O3S. The summed E-state index contributed by atoms with van der Waals surface area (Å²) in [6.45, 7) is 6.17. The molecule has 0 fully saturated rings. The largest absolute Gasteiger partial charge is 0.461 e. The Morgan fingerprint density at radius 2 is 1.86 bits per heavy atom. The molecule has 0 radical (unpaired) electrons. The Bertz CT molecular complexity index is 954. The molecule has 0 aliphatic carbocycles. The normalized spacial score (nSPS) is 12.0. The molecule has 2 aromatic heterocycles. The van der Waals surface area contributed by atoms with Gasteiger partial charge in [0.2, 0.25) is 11.7 Å². The summed E-state index contributed by atoms with van der Waals surface area (Å²) in [5, 5.41) is 13.5. The molecule has 1 unspecified atom stereocenters. The van der Waals surface area contributed by atoms with Gasteiger partial charge in [-0.05, 0) is 37.1 Å². The Morgan fingerprint density at radius 3 is 2.52 bits per heavy atom. The van der Waals surface area contributed by atoms with E-state index in [9.17, 15) is 9.59 Å². The van der Waals surface area contributed by atoms with Crippen LogP contribution in [0.25, 0.3) is 17.3 Å². The molecule has 0 aliphatic rings. The van der Waals surface area contributed by atoms with E-state index in [0.717, 1.165) is 5.69 Å². The number of furan rings is 1. The van der Waals surface area contributed by atoms with Crippen LogP contribution in [0.4, 0.5) is 4.79 Å². The van der Waals surface area contributed by atoms with E-state index in [1.54, 1.807) is 25.3 Å². The van der Waals surface area contributed by atoms with E-state index >= 15 is 0 Å². The molecule has 0 bridgehead atoms. The van der Waals surface area contributed by atoms with Gasteiger partial charge in [0.1, 0.15) is 0 Å². The summed E-state index contributed by atoms with van der Waals surface area (Å²) in [5.74, 6) is 0.995. The van der Waals surface area contributed by atoms with Gasteiger partial charge in [0.15, 0.2) is 10.9 Å². The molecule has 3 aromatic rings. The number of rotatable bonds is 7. The molecule has 3 rings (SSSR count). The highest BCUT2D eigenvalue weighted by atomic mass is 32.2. The zero-order valence-electron chi connectivity index (χ0n) is 16.5. The molecule has 0 saturated heterocycles. The van der Waals surface area contributed by atoms with Crippen molar-refractivity contribution in [1.82, 2.24) is 25.4 Å². The van der Waals surface area contributed by atoms with E-state index in [1.807, 2.05) is 48.7 Å². The van der Waals surface area contributed by atoms with Crippen LogP contribution in [0.15, 0.2) is 58.3 Å². The lowest BCUT2D eigenvalue weighted by Gasteiger charge is -2.14. The van der Waals surface area contributed by atoms with E-state index in [0.29, 0.717) is 29.2 Å².